The Morgan fingerprint density at radius 1 is 1.21 bits per heavy atom. The zero-order chi connectivity index (χ0) is 17.3. The Balaban J connectivity index is 1.83. The van der Waals surface area contributed by atoms with E-state index >= 15 is 0 Å². The van der Waals surface area contributed by atoms with Crippen LogP contribution in [-0.2, 0) is 16.1 Å². The molecule has 0 aromatic heterocycles. The molecular weight excluding hydrogens is 302 g/mol. The third-order valence-electron chi connectivity index (χ3n) is 5.41. The summed E-state index contributed by atoms with van der Waals surface area (Å²) < 4.78 is 0. The molecule has 24 heavy (non-hydrogen) atoms. The van der Waals surface area contributed by atoms with Crippen molar-refractivity contribution < 1.29 is 9.59 Å². The number of amides is 2. The maximum atomic E-state index is 13.2. The molecule has 2 atom stereocenters. The Morgan fingerprint density at radius 3 is 2.62 bits per heavy atom. The molecule has 1 fully saturated rings. The maximum Gasteiger partial charge on any atom is 0.228 e. The topological polar surface area (TPSA) is 43.9 Å². The van der Waals surface area contributed by atoms with Gasteiger partial charge >= 0.3 is 0 Å². The Bertz CT molecular complexity index is 631. The molecule has 5 nitrogen and oxygen atoms in total. The molecule has 5 heteroatoms. The van der Waals surface area contributed by atoms with Crippen LogP contribution < -0.4 is 4.90 Å². The van der Waals surface area contributed by atoms with Crippen LogP contribution in [0.4, 0.5) is 5.69 Å². The monoisotopic (exact) mass is 329 g/mol. The van der Waals surface area contributed by atoms with Gasteiger partial charge in [-0.25, -0.2) is 0 Å². The van der Waals surface area contributed by atoms with Crippen molar-refractivity contribution in [3.8, 4) is 0 Å². The van der Waals surface area contributed by atoms with Crippen molar-refractivity contribution in [3.05, 3.63) is 29.8 Å². The lowest BCUT2D eigenvalue weighted by atomic mass is 10.0. The summed E-state index contributed by atoms with van der Waals surface area (Å²) in [7, 11) is 2.10. The third-order valence-corrected chi connectivity index (χ3v) is 5.41. The number of carbonyl (C=O) groups is 2. The first-order valence-electron chi connectivity index (χ1n) is 8.86. The molecule has 0 bridgehead atoms. The van der Waals surface area contributed by atoms with Crippen LogP contribution in [0.3, 0.4) is 0 Å². The van der Waals surface area contributed by atoms with Crippen LogP contribution in [0.25, 0.3) is 0 Å². The predicted octanol–water partition coefficient (Wildman–Crippen LogP) is 2.11. The van der Waals surface area contributed by atoms with Crippen molar-refractivity contribution in [2.75, 3.05) is 31.6 Å². The molecule has 1 saturated heterocycles. The van der Waals surface area contributed by atoms with Crippen LogP contribution in [0.1, 0.15) is 32.3 Å². The average Bonchev–Trinajstić information content (AvgIpc) is 3.02. The van der Waals surface area contributed by atoms with Crippen molar-refractivity contribution in [3.63, 3.8) is 0 Å². The fraction of sp³-hybridized carbons (Fsp3) is 0.579. The van der Waals surface area contributed by atoms with Crippen molar-refractivity contribution in [2.45, 2.75) is 39.3 Å². The fourth-order valence-electron chi connectivity index (χ4n) is 3.93. The minimum absolute atomic E-state index is 0.0569. The summed E-state index contributed by atoms with van der Waals surface area (Å²) in [4.78, 5) is 30.8. The quantitative estimate of drug-likeness (QED) is 0.835. The molecule has 2 unspecified atom stereocenters. The zero-order valence-corrected chi connectivity index (χ0v) is 14.9. The number of carbonyl (C=O) groups excluding carboxylic acids is 2. The van der Waals surface area contributed by atoms with Gasteiger partial charge in [-0.15, -0.1) is 0 Å². The Kier molecular flexibility index (Phi) is 4.78. The van der Waals surface area contributed by atoms with Gasteiger partial charge in [0.15, 0.2) is 0 Å². The lowest BCUT2D eigenvalue weighted by Gasteiger charge is -2.32. The van der Waals surface area contributed by atoms with E-state index in [1.165, 1.54) is 11.3 Å². The van der Waals surface area contributed by atoms with Crippen LogP contribution in [0.15, 0.2) is 24.3 Å². The first-order valence-corrected chi connectivity index (χ1v) is 8.86. The highest BCUT2D eigenvalue weighted by molar-refractivity contribution is 5.82. The van der Waals surface area contributed by atoms with Crippen LogP contribution in [0.2, 0.25) is 0 Å². The molecule has 2 heterocycles. The van der Waals surface area contributed by atoms with Crippen molar-refractivity contribution in [1.29, 1.82) is 0 Å². The number of rotatable bonds is 2. The molecule has 0 radical (unpaired) electrons. The second kappa shape index (κ2) is 6.83. The largest absolute Gasteiger partial charge is 0.372 e. The Morgan fingerprint density at radius 2 is 1.96 bits per heavy atom. The molecule has 1 aromatic rings. The average molecular weight is 329 g/mol. The van der Waals surface area contributed by atoms with E-state index in [-0.39, 0.29) is 23.8 Å². The molecule has 0 saturated carbocycles. The SMILES string of the molecule is CCC1CN(C)c2ccccc2CN1C(=O)C1CCN(C(C)=O)C1. The smallest absolute Gasteiger partial charge is 0.228 e. The number of hydrogen-bond acceptors (Lipinski definition) is 3. The van der Waals surface area contributed by atoms with Gasteiger partial charge in [0.1, 0.15) is 0 Å². The third kappa shape index (κ3) is 3.12. The second-order valence-corrected chi connectivity index (χ2v) is 6.99. The van der Waals surface area contributed by atoms with Gasteiger partial charge in [0, 0.05) is 51.9 Å². The van der Waals surface area contributed by atoms with E-state index in [1.54, 1.807) is 11.8 Å². The Hall–Kier alpha value is -2.04. The standard InChI is InChI=1S/C19H27N3O2/c1-4-17-13-20(3)18-8-6-5-7-15(18)12-22(17)19(24)16-9-10-21(11-16)14(2)23/h5-8,16-17H,4,9-13H2,1-3H3. The first kappa shape index (κ1) is 16.8. The number of likely N-dealkylation sites (N-methyl/N-ethyl adjacent to an activating group) is 1. The Labute approximate surface area is 144 Å². The molecule has 130 valence electrons. The highest BCUT2D eigenvalue weighted by Gasteiger charge is 2.36. The van der Waals surface area contributed by atoms with E-state index in [9.17, 15) is 9.59 Å². The highest BCUT2D eigenvalue weighted by atomic mass is 16.2. The van der Waals surface area contributed by atoms with E-state index in [1.807, 2.05) is 6.07 Å². The van der Waals surface area contributed by atoms with Gasteiger partial charge in [-0.2, -0.15) is 0 Å². The van der Waals surface area contributed by atoms with Gasteiger partial charge in [-0.1, -0.05) is 25.1 Å². The zero-order valence-electron chi connectivity index (χ0n) is 14.9. The van der Waals surface area contributed by atoms with Crippen LogP contribution >= 0.6 is 0 Å². The lowest BCUT2D eigenvalue weighted by molar-refractivity contribution is -0.138. The summed E-state index contributed by atoms with van der Waals surface area (Å²) in [5, 5.41) is 0. The minimum atomic E-state index is -0.0569. The second-order valence-electron chi connectivity index (χ2n) is 6.99. The number of anilines is 1. The first-order chi connectivity index (χ1) is 11.5. The highest BCUT2D eigenvalue weighted by Crippen LogP contribution is 2.29. The van der Waals surface area contributed by atoms with Gasteiger partial charge in [0.2, 0.25) is 11.8 Å². The maximum absolute atomic E-state index is 13.2. The molecule has 2 aliphatic heterocycles. The molecule has 0 N–H and O–H groups in total. The summed E-state index contributed by atoms with van der Waals surface area (Å²) >= 11 is 0. The van der Waals surface area contributed by atoms with Gasteiger partial charge in [-0.3, -0.25) is 9.59 Å². The number of para-hydroxylation sites is 1. The summed E-state index contributed by atoms with van der Waals surface area (Å²) in [6.45, 7) is 6.51. The fourth-order valence-corrected chi connectivity index (χ4v) is 3.93. The molecular formula is C19H27N3O2. The summed E-state index contributed by atoms with van der Waals surface area (Å²) in [5.41, 5.74) is 2.41. The van der Waals surface area contributed by atoms with Gasteiger partial charge in [0.25, 0.3) is 0 Å². The van der Waals surface area contributed by atoms with Crippen LogP contribution in [-0.4, -0.2) is 54.3 Å². The minimum Gasteiger partial charge on any atom is -0.372 e. The van der Waals surface area contributed by atoms with Gasteiger partial charge < -0.3 is 14.7 Å². The molecule has 3 rings (SSSR count). The van der Waals surface area contributed by atoms with Crippen molar-refractivity contribution >= 4 is 17.5 Å². The van der Waals surface area contributed by atoms with Crippen molar-refractivity contribution in [2.24, 2.45) is 5.92 Å². The molecule has 2 aliphatic rings. The number of fused-ring (bicyclic) bond motifs is 1. The van der Waals surface area contributed by atoms with E-state index < -0.39 is 0 Å². The molecule has 2 amide bonds. The van der Waals surface area contributed by atoms with Crippen LogP contribution in [0, 0.1) is 5.92 Å². The van der Waals surface area contributed by atoms with Crippen molar-refractivity contribution in [1.82, 2.24) is 9.80 Å². The predicted molar refractivity (Wildman–Crippen MR) is 94.7 cm³/mol. The van der Waals surface area contributed by atoms with Crippen LogP contribution in [0.5, 0.6) is 0 Å². The normalized spacial score (nSPS) is 23.9. The number of nitrogens with zero attached hydrogens (tertiary/aromatic N) is 3. The van der Waals surface area contributed by atoms with E-state index in [4.69, 9.17) is 0 Å². The molecule has 0 aliphatic carbocycles. The van der Waals surface area contributed by atoms with Gasteiger partial charge in [-0.05, 0) is 24.5 Å². The number of benzene rings is 1. The molecule has 0 spiro atoms. The lowest BCUT2D eigenvalue weighted by Crippen LogP contribution is -2.46. The number of likely N-dealkylation sites (tertiary alicyclic amines) is 1. The summed E-state index contributed by atoms with van der Waals surface area (Å²) in [5.74, 6) is 0.215. The molecule has 1 aromatic carbocycles. The number of hydrogen-bond donors (Lipinski definition) is 0. The van der Waals surface area contributed by atoms with E-state index in [0.29, 0.717) is 19.6 Å². The summed E-state index contributed by atoms with van der Waals surface area (Å²) in [6.07, 6.45) is 1.72. The van der Waals surface area contributed by atoms with E-state index in [0.717, 1.165) is 19.4 Å². The van der Waals surface area contributed by atoms with Gasteiger partial charge in [0.05, 0.1) is 5.92 Å². The van der Waals surface area contributed by atoms with E-state index in [2.05, 4.69) is 42.0 Å². The summed E-state index contributed by atoms with van der Waals surface area (Å²) in [6, 6.07) is 8.54.